The Kier molecular flexibility index (Phi) is 3.85. The molecule has 7 heteroatoms. The zero-order valence-electron chi connectivity index (χ0n) is 11.8. The van der Waals surface area contributed by atoms with Gasteiger partial charge in [0.15, 0.2) is 0 Å². The van der Waals surface area contributed by atoms with Crippen LogP contribution in [0, 0.1) is 18.3 Å². The van der Waals surface area contributed by atoms with E-state index in [-0.39, 0.29) is 11.4 Å². The summed E-state index contributed by atoms with van der Waals surface area (Å²) in [7, 11) is 0. The van der Waals surface area contributed by atoms with Gasteiger partial charge in [-0.05, 0) is 19.1 Å². The molecule has 0 bridgehead atoms. The predicted octanol–water partition coefficient (Wildman–Crippen LogP) is 2.47. The van der Waals surface area contributed by atoms with E-state index in [2.05, 4.69) is 19.9 Å². The molecule has 0 saturated heterocycles. The van der Waals surface area contributed by atoms with Gasteiger partial charge in [-0.3, -0.25) is 0 Å². The maximum atomic E-state index is 8.82. The molecular weight excluding hydrogens is 296 g/mol. The molecular formula is C15H12N6S. The maximum absolute atomic E-state index is 8.82. The van der Waals surface area contributed by atoms with Crippen LogP contribution >= 0.6 is 11.8 Å². The van der Waals surface area contributed by atoms with Crippen molar-refractivity contribution >= 4 is 28.6 Å². The summed E-state index contributed by atoms with van der Waals surface area (Å²) in [5, 5.41) is 9.66. The number of nitrogens with zero attached hydrogens (tertiary/aromatic N) is 5. The molecule has 0 spiro atoms. The van der Waals surface area contributed by atoms with Crippen molar-refractivity contribution in [1.29, 1.82) is 5.26 Å². The van der Waals surface area contributed by atoms with E-state index in [1.807, 2.05) is 37.3 Å². The first-order valence-corrected chi connectivity index (χ1v) is 7.53. The monoisotopic (exact) mass is 308 g/mol. The van der Waals surface area contributed by atoms with Crippen LogP contribution in [-0.4, -0.2) is 19.9 Å². The number of aryl methyl sites for hydroxylation is 1. The van der Waals surface area contributed by atoms with Crippen molar-refractivity contribution in [2.75, 3.05) is 5.73 Å². The van der Waals surface area contributed by atoms with Gasteiger partial charge in [-0.1, -0.05) is 23.9 Å². The average Bonchev–Trinajstić information content (AvgIpc) is 2.53. The molecule has 1 aromatic carbocycles. The third-order valence-corrected chi connectivity index (χ3v) is 4.09. The van der Waals surface area contributed by atoms with Crippen molar-refractivity contribution < 1.29 is 0 Å². The lowest BCUT2D eigenvalue weighted by Crippen LogP contribution is -2.01. The SMILES string of the molecule is Cc1nc2ccccc2nc1SCc1ncc(C#N)c(N)n1. The molecule has 0 unspecified atom stereocenters. The van der Waals surface area contributed by atoms with E-state index in [0.29, 0.717) is 11.6 Å². The fraction of sp³-hybridized carbons (Fsp3) is 0.133. The molecule has 0 amide bonds. The second kappa shape index (κ2) is 5.95. The number of aromatic nitrogens is 4. The quantitative estimate of drug-likeness (QED) is 0.741. The molecule has 0 aliphatic heterocycles. The van der Waals surface area contributed by atoms with Crippen LogP contribution in [0.15, 0.2) is 35.5 Å². The summed E-state index contributed by atoms with van der Waals surface area (Å²) in [5.41, 5.74) is 8.58. The lowest BCUT2D eigenvalue weighted by atomic mass is 10.3. The fourth-order valence-electron chi connectivity index (χ4n) is 1.93. The Morgan fingerprint density at radius 1 is 1.18 bits per heavy atom. The van der Waals surface area contributed by atoms with Gasteiger partial charge in [0.05, 0.1) is 28.7 Å². The number of benzene rings is 1. The molecule has 2 heterocycles. The van der Waals surface area contributed by atoms with Gasteiger partial charge < -0.3 is 5.73 Å². The van der Waals surface area contributed by atoms with Crippen LogP contribution in [-0.2, 0) is 5.75 Å². The Bertz CT molecular complexity index is 887. The molecule has 0 fully saturated rings. The Labute approximate surface area is 131 Å². The van der Waals surface area contributed by atoms with Gasteiger partial charge in [0.1, 0.15) is 28.3 Å². The van der Waals surface area contributed by atoms with Crippen LogP contribution < -0.4 is 5.73 Å². The predicted molar refractivity (Wildman–Crippen MR) is 85.0 cm³/mol. The van der Waals surface area contributed by atoms with Crippen LogP contribution in [0.2, 0.25) is 0 Å². The zero-order valence-corrected chi connectivity index (χ0v) is 12.6. The summed E-state index contributed by atoms with van der Waals surface area (Å²) in [6.45, 7) is 1.93. The van der Waals surface area contributed by atoms with Crippen molar-refractivity contribution in [3.8, 4) is 6.07 Å². The first-order valence-electron chi connectivity index (χ1n) is 6.55. The molecule has 108 valence electrons. The van der Waals surface area contributed by atoms with Gasteiger partial charge in [0.2, 0.25) is 0 Å². The first-order chi connectivity index (χ1) is 10.7. The second-order valence-corrected chi connectivity index (χ2v) is 5.55. The summed E-state index contributed by atoms with van der Waals surface area (Å²) < 4.78 is 0. The van der Waals surface area contributed by atoms with Gasteiger partial charge >= 0.3 is 0 Å². The Morgan fingerprint density at radius 2 is 1.91 bits per heavy atom. The van der Waals surface area contributed by atoms with E-state index in [9.17, 15) is 0 Å². The van der Waals surface area contributed by atoms with Gasteiger partial charge in [0.25, 0.3) is 0 Å². The summed E-state index contributed by atoms with van der Waals surface area (Å²) >= 11 is 1.50. The lowest BCUT2D eigenvalue weighted by molar-refractivity contribution is 1.01. The highest BCUT2D eigenvalue weighted by Crippen LogP contribution is 2.24. The number of hydrogen-bond donors (Lipinski definition) is 1. The molecule has 22 heavy (non-hydrogen) atoms. The summed E-state index contributed by atoms with van der Waals surface area (Å²) in [6, 6.07) is 9.69. The summed E-state index contributed by atoms with van der Waals surface area (Å²) in [5.74, 6) is 1.29. The number of nitriles is 1. The van der Waals surface area contributed by atoms with Crippen LogP contribution in [0.1, 0.15) is 17.1 Å². The van der Waals surface area contributed by atoms with Crippen LogP contribution in [0.5, 0.6) is 0 Å². The Balaban J connectivity index is 1.83. The largest absolute Gasteiger partial charge is 0.382 e. The van der Waals surface area contributed by atoms with Crippen LogP contribution in [0.4, 0.5) is 5.82 Å². The minimum absolute atomic E-state index is 0.203. The average molecular weight is 308 g/mol. The molecule has 3 aromatic rings. The standard InChI is InChI=1S/C15H12N6S/c1-9-15(20-12-5-3-2-4-11(12)19-9)22-8-13-18-7-10(6-16)14(17)21-13/h2-5,7H,8H2,1H3,(H2,17,18,21). The van der Waals surface area contributed by atoms with Crippen molar-refractivity contribution in [3.05, 3.63) is 47.5 Å². The van der Waals surface area contributed by atoms with Crippen molar-refractivity contribution in [3.63, 3.8) is 0 Å². The number of rotatable bonds is 3. The van der Waals surface area contributed by atoms with Crippen molar-refractivity contribution in [2.45, 2.75) is 17.7 Å². The fourth-order valence-corrected chi connectivity index (χ4v) is 2.75. The summed E-state index contributed by atoms with van der Waals surface area (Å²) in [6.07, 6.45) is 1.44. The second-order valence-electron chi connectivity index (χ2n) is 4.59. The highest BCUT2D eigenvalue weighted by Gasteiger charge is 2.08. The molecule has 0 radical (unpaired) electrons. The molecule has 0 saturated carbocycles. The molecule has 3 rings (SSSR count). The molecule has 2 aromatic heterocycles. The molecule has 2 N–H and O–H groups in total. The number of thioether (sulfide) groups is 1. The van der Waals surface area contributed by atoms with Crippen molar-refractivity contribution in [2.24, 2.45) is 0 Å². The molecule has 0 aliphatic carbocycles. The van der Waals surface area contributed by atoms with Gasteiger partial charge in [-0.15, -0.1) is 0 Å². The summed E-state index contributed by atoms with van der Waals surface area (Å²) in [4.78, 5) is 17.4. The third-order valence-electron chi connectivity index (χ3n) is 3.03. The number of anilines is 1. The molecule has 0 aliphatic rings. The van der Waals surface area contributed by atoms with E-state index in [1.54, 1.807) is 0 Å². The number of nitrogen functional groups attached to an aromatic ring is 1. The van der Waals surface area contributed by atoms with Crippen LogP contribution in [0.25, 0.3) is 11.0 Å². The smallest absolute Gasteiger partial charge is 0.145 e. The van der Waals surface area contributed by atoms with E-state index in [1.165, 1.54) is 18.0 Å². The zero-order chi connectivity index (χ0) is 15.5. The van der Waals surface area contributed by atoms with Gasteiger partial charge in [-0.25, -0.2) is 19.9 Å². The minimum atomic E-state index is 0.203. The highest BCUT2D eigenvalue weighted by atomic mass is 32.2. The van der Waals surface area contributed by atoms with Gasteiger partial charge in [-0.2, -0.15) is 5.26 Å². The van der Waals surface area contributed by atoms with Crippen molar-refractivity contribution in [1.82, 2.24) is 19.9 Å². The number of para-hydroxylation sites is 2. The Hall–Kier alpha value is -2.72. The topological polar surface area (TPSA) is 101 Å². The van der Waals surface area contributed by atoms with E-state index >= 15 is 0 Å². The third kappa shape index (κ3) is 2.82. The maximum Gasteiger partial charge on any atom is 0.145 e. The normalized spacial score (nSPS) is 10.5. The van der Waals surface area contributed by atoms with E-state index in [0.717, 1.165) is 21.8 Å². The minimum Gasteiger partial charge on any atom is -0.382 e. The number of fused-ring (bicyclic) bond motifs is 1. The Morgan fingerprint density at radius 3 is 2.59 bits per heavy atom. The van der Waals surface area contributed by atoms with Crippen LogP contribution in [0.3, 0.4) is 0 Å². The van der Waals surface area contributed by atoms with E-state index in [4.69, 9.17) is 11.0 Å². The molecule has 6 nitrogen and oxygen atoms in total. The number of nitrogens with two attached hydrogens (primary N) is 1. The highest BCUT2D eigenvalue weighted by molar-refractivity contribution is 7.98. The van der Waals surface area contributed by atoms with Gasteiger partial charge in [0, 0.05) is 0 Å². The lowest BCUT2D eigenvalue weighted by Gasteiger charge is -2.06. The first kappa shape index (κ1) is 14.2. The number of hydrogen-bond acceptors (Lipinski definition) is 7. The molecule has 0 atom stereocenters. The van der Waals surface area contributed by atoms with E-state index < -0.39 is 0 Å².